The molecule has 1 aliphatic rings. The van der Waals surface area contributed by atoms with Gasteiger partial charge >= 0.3 is 0 Å². The van der Waals surface area contributed by atoms with Crippen LogP contribution < -0.4 is 10.1 Å². The molecule has 0 bridgehead atoms. The number of hydrogen-bond acceptors (Lipinski definition) is 4. The van der Waals surface area contributed by atoms with Gasteiger partial charge in [0.1, 0.15) is 18.3 Å². The molecule has 1 N–H and O–H groups in total. The summed E-state index contributed by atoms with van der Waals surface area (Å²) in [7, 11) is 0. The Balaban J connectivity index is 2.01. The Bertz CT molecular complexity index is 571. The molecule has 1 unspecified atom stereocenters. The molecule has 0 radical (unpaired) electrons. The van der Waals surface area contributed by atoms with E-state index in [1.807, 2.05) is 25.1 Å². The first-order valence-electron chi connectivity index (χ1n) is 6.84. The lowest BCUT2D eigenvalue weighted by molar-refractivity contribution is -0.151. The second-order valence-corrected chi connectivity index (χ2v) is 4.96. The molecule has 3 amide bonds. The summed E-state index contributed by atoms with van der Waals surface area (Å²) in [5.74, 6) is -0.679. The summed E-state index contributed by atoms with van der Waals surface area (Å²) >= 11 is 0. The zero-order chi connectivity index (χ0) is 15.4. The predicted octanol–water partition coefficient (Wildman–Crippen LogP) is 0.637. The van der Waals surface area contributed by atoms with Crippen molar-refractivity contribution in [1.29, 1.82) is 0 Å². The van der Waals surface area contributed by atoms with Crippen LogP contribution in [0.1, 0.15) is 18.9 Å². The average molecular weight is 290 g/mol. The van der Waals surface area contributed by atoms with Crippen LogP contribution >= 0.6 is 0 Å². The Morgan fingerprint density at radius 2 is 2.19 bits per heavy atom. The normalized spacial score (nSPS) is 18.4. The standard InChI is InChI=1S/C15H18N2O4/c1-3-12-15(20)16-13(18)8-17(12)14(19)9-21-11-6-4-5-10(2)7-11/h4-7,12H,3,8-9H2,1-2H3,(H,16,18,20). The molecule has 6 heteroatoms. The minimum absolute atomic E-state index is 0.111. The number of carbonyl (C=O) groups excluding carboxylic acids is 3. The first-order chi connectivity index (χ1) is 10.0. The van der Waals surface area contributed by atoms with E-state index in [0.717, 1.165) is 5.56 Å². The molecule has 0 spiro atoms. The van der Waals surface area contributed by atoms with Gasteiger partial charge in [0.15, 0.2) is 6.61 Å². The minimum Gasteiger partial charge on any atom is -0.484 e. The topological polar surface area (TPSA) is 75.7 Å². The van der Waals surface area contributed by atoms with Crippen molar-refractivity contribution in [2.24, 2.45) is 0 Å². The Kier molecular flexibility index (Phi) is 4.57. The zero-order valence-corrected chi connectivity index (χ0v) is 12.1. The minimum atomic E-state index is -0.615. The van der Waals surface area contributed by atoms with Gasteiger partial charge in [-0.25, -0.2) is 0 Å². The first-order valence-corrected chi connectivity index (χ1v) is 6.84. The highest BCUT2D eigenvalue weighted by molar-refractivity contribution is 6.04. The molecule has 1 fully saturated rings. The Morgan fingerprint density at radius 1 is 1.43 bits per heavy atom. The van der Waals surface area contributed by atoms with Crippen molar-refractivity contribution in [3.8, 4) is 5.75 Å². The van der Waals surface area contributed by atoms with Crippen LogP contribution in [0.2, 0.25) is 0 Å². The van der Waals surface area contributed by atoms with Gasteiger partial charge in [-0.15, -0.1) is 0 Å². The van der Waals surface area contributed by atoms with Crippen molar-refractivity contribution in [3.05, 3.63) is 29.8 Å². The lowest BCUT2D eigenvalue weighted by atomic mass is 10.1. The molecule has 1 aromatic rings. The smallest absolute Gasteiger partial charge is 0.261 e. The second kappa shape index (κ2) is 6.39. The van der Waals surface area contributed by atoms with Crippen molar-refractivity contribution in [1.82, 2.24) is 10.2 Å². The SMILES string of the molecule is CCC1C(=O)NC(=O)CN1C(=O)COc1cccc(C)c1. The Morgan fingerprint density at radius 3 is 2.86 bits per heavy atom. The van der Waals surface area contributed by atoms with E-state index in [1.54, 1.807) is 13.0 Å². The zero-order valence-electron chi connectivity index (χ0n) is 12.1. The first kappa shape index (κ1) is 15.0. The largest absolute Gasteiger partial charge is 0.484 e. The van der Waals surface area contributed by atoms with E-state index < -0.39 is 17.9 Å². The Hall–Kier alpha value is -2.37. The number of rotatable bonds is 4. The highest BCUT2D eigenvalue weighted by atomic mass is 16.5. The molecule has 1 atom stereocenters. The molecule has 0 aromatic heterocycles. The van der Waals surface area contributed by atoms with E-state index in [9.17, 15) is 14.4 Å². The van der Waals surface area contributed by atoms with E-state index in [2.05, 4.69) is 5.32 Å². The number of benzene rings is 1. The van der Waals surface area contributed by atoms with Crippen LogP contribution in [0.25, 0.3) is 0 Å². The van der Waals surface area contributed by atoms with Crippen LogP contribution in [0.15, 0.2) is 24.3 Å². The average Bonchev–Trinajstić information content (AvgIpc) is 2.44. The maximum atomic E-state index is 12.2. The summed E-state index contributed by atoms with van der Waals surface area (Å²) in [5.41, 5.74) is 1.03. The lowest BCUT2D eigenvalue weighted by Gasteiger charge is -2.33. The predicted molar refractivity (Wildman–Crippen MR) is 75.6 cm³/mol. The maximum Gasteiger partial charge on any atom is 0.261 e. The lowest BCUT2D eigenvalue weighted by Crippen LogP contribution is -2.60. The summed E-state index contributed by atoms with van der Waals surface area (Å²) in [6.07, 6.45) is 0.454. The fourth-order valence-corrected chi connectivity index (χ4v) is 2.27. The van der Waals surface area contributed by atoms with Gasteiger partial charge in [0.05, 0.1) is 0 Å². The molecule has 112 valence electrons. The summed E-state index contributed by atoms with van der Waals surface area (Å²) in [6.45, 7) is 3.41. The molecule has 1 heterocycles. The quantitative estimate of drug-likeness (QED) is 0.826. The van der Waals surface area contributed by atoms with E-state index in [-0.39, 0.29) is 19.1 Å². The number of piperazine rings is 1. The summed E-state index contributed by atoms with van der Waals surface area (Å²) in [5, 5.41) is 2.23. The van der Waals surface area contributed by atoms with Crippen LogP contribution in [0.4, 0.5) is 0 Å². The molecule has 1 aromatic carbocycles. The van der Waals surface area contributed by atoms with E-state index in [4.69, 9.17) is 4.74 Å². The number of ether oxygens (including phenoxy) is 1. The van der Waals surface area contributed by atoms with E-state index in [0.29, 0.717) is 12.2 Å². The fourth-order valence-electron chi connectivity index (χ4n) is 2.27. The number of nitrogens with zero attached hydrogens (tertiary/aromatic N) is 1. The van der Waals surface area contributed by atoms with Gasteiger partial charge in [0, 0.05) is 0 Å². The van der Waals surface area contributed by atoms with Gasteiger partial charge in [0.2, 0.25) is 11.8 Å². The van der Waals surface area contributed by atoms with Crippen molar-refractivity contribution in [2.75, 3.05) is 13.2 Å². The second-order valence-electron chi connectivity index (χ2n) is 4.96. The maximum absolute atomic E-state index is 12.2. The molecule has 1 saturated heterocycles. The van der Waals surface area contributed by atoms with Crippen LogP contribution in [0, 0.1) is 6.92 Å². The number of aryl methyl sites for hydroxylation is 1. The highest BCUT2D eigenvalue weighted by Crippen LogP contribution is 2.14. The molecular weight excluding hydrogens is 272 g/mol. The number of amides is 3. The van der Waals surface area contributed by atoms with Gasteiger partial charge in [-0.3, -0.25) is 19.7 Å². The van der Waals surface area contributed by atoms with Crippen LogP contribution in [0.5, 0.6) is 5.75 Å². The molecule has 1 aliphatic heterocycles. The number of carbonyl (C=O) groups is 3. The number of hydrogen-bond donors (Lipinski definition) is 1. The van der Waals surface area contributed by atoms with Gasteiger partial charge < -0.3 is 9.64 Å². The van der Waals surface area contributed by atoms with Gasteiger partial charge in [-0.2, -0.15) is 0 Å². The number of nitrogens with one attached hydrogen (secondary N) is 1. The molecule has 2 rings (SSSR count). The highest BCUT2D eigenvalue weighted by Gasteiger charge is 2.35. The van der Waals surface area contributed by atoms with Crippen molar-refractivity contribution in [2.45, 2.75) is 26.3 Å². The van der Waals surface area contributed by atoms with Gasteiger partial charge in [-0.05, 0) is 31.0 Å². The monoisotopic (exact) mass is 290 g/mol. The van der Waals surface area contributed by atoms with Crippen molar-refractivity contribution in [3.63, 3.8) is 0 Å². The third-order valence-corrected chi connectivity index (χ3v) is 3.31. The fraction of sp³-hybridized carbons (Fsp3) is 0.400. The van der Waals surface area contributed by atoms with Gasteiger partial charge in [-0.1, -0.05) is 19.1 Å². The molecule has 0 aliphatic carbocycles. The van der Waals surface area contributed by atoms with E-state index >= 15 is 0 Å². The van der Waals surface area contributed by atoms with Crippen molar-refractivity contribution >= 4 is 17.7 Å². The molecule has 0 saturated carbocycles. The van der Waals surface area contributed by atoms with Crippen LogP contribution in [-0.4, -0.2) is 41.8 Å². The molecule has 6 nitrogen and oxygen atoms in total. The summed E-state index contributed by atoms with van der Waals surface area (Å²) in [4.78, 5) is 36.6. The summed E-state index contributed by atoms with van der Waals surface area (Å²) < 4.78 is 5.43. The third kappa shape index (κ3) is 3.59. The van der Waals surface area contributed by atoms with Crippen molar-refractivity contribution < 1.29 is 19.1 Å². The van der Waals surface area contributed by atoms with E-state index in [1.165, 1.54) is 4.90 Å². The summed E-state index contributed by atoms with van der Waals surface area (Å²) in [6, 6.07) is 6.72. The third-order valence-electron chi connectivity index (χ3n) is 3.31. The van der Waals surface area contributed by atoms with Gasteiger partial charge in [0.25, 0.3) is 5.91 Å². The molecule has 21 heavy (non-hydrogen) atoms. The number of imide groups is 1. The van der Waals surface area contributed by atoms with Crippen LogP contribution in [0.3, 0.4) is 0 Å². The van der Waals surface area contributed by atoms with Crippen LogP contribution in [-0.2, 0) is 14.4 Å². The Labute approximate surface area is 123 Å². The molecular formula is C15H18N2O4.